The lowest BCUT2D eigenvalue weighted by atomic mass is 10.1. The van der Waals surface area contributed by atoms with Crippen LogP contribution in [0.5, 0.6) is 0 Å². The van der Waals surface area contributed by atoms with Gasteiger partial charge in [0.15, 0.2) is 0 Å². The highest BCUT2D eigenvalue weighted by molar-refractivity contribution is 6.32. The fourth-order valence-electron chi connectivity index (χ4n) is 2.52. The fraction of sp³-hybridized carbons (Fsp3) is 0.538. The van der Waals surface area contributed by atoms with E-state index in [2.05, 4.69) is 16.8 Å². The van der Waals surface area contributed by atoms with Gasteiger partial charge in [-0.1, -0.05) is 18.5 Å². The van der Waals surface area contributed by atoms with Gasteiger partial charge in [-0.3, -0.25) is 19.8 Å². The Morgan fingerprint density at radius 2 is 2.29 bits per heavy atom. The van der Waals surface area contributed by atoms with E-state index >= 15 is 0 Å². The molecule has 0 saturated carbocycles. The molecule has 1 aromatic heterocycles. The molecule has 0 N–H and O–H groups in total. The van der Waals surface area contributed by atoms with Crippen LogP contribution in [0.25, 0.3) is 0 Å². The maximum Gasteiger partial charge on any atom is 0.319 e. The molecule has 1 aliphatic heterocycles. The third-order valence-electron chi connectivity index (χ3n) is 3.83. The number of carbonyl (C=O) groups excluding carboxylic acids is 1. The van der Waals surface area contributed by atoms with Gasteiger partial charge in [0.05, 0.1) is 4.92 Å². The molecule has 2 heterocycles. The van der Waals surface area contributed by atoms with Crippen LogP contribution in [0.15, 0.2) is 12.3 Å². The Labute approximate surface area is 127 Å². The lowest BCUT2D eigenvalue weighted by Crippen LogP contribution is -2.53. The van der Waals surface area contributed by atoms with Crippen molar-refractivity contribution in [1.29, 1.82) is 0 Å². The molecule has 0 radical (unpaired) electrons. The molecule has 21 heavy (non-hydrogen) atoms. The zero-order valence-corrected chi connectivity index (χ0v) is 12.7. The fourth-order valence-corrected chi connectivity index (χ4v) is 2.74. The summed E-state index contributed by atoms with van der Waals surface area (Å²) in [5.74, 6) is -0.363. The van der Waals surface area contributed by atoms with Crippen molar-refractivity contribution in [2.75, 3.05) is 26.7 Å². The van der Waals surface area contributed by atoms with Crippen molar-refractivity contribution >= 4 is 23.2 Å². The highest BCUT2D eigenvalue weighted by atomic mass is 35.5. The smallest absolute Gasteiger partial charge is 0.319 e. The number of hydrogen-bond acceptors (Lipinski definition) is 5. The van der Waals surface area contributed by atoms with E-state index in [1.54, 1.807) is 4.90 Å². The minimum atomic E-state index is -0.657. The van der Waals surface area contributed by atoms with Crippen molar-refractivity contribution in [3.8, 4) is 0 Å². The first kappa shape index (κ1) is 15.7. The van der Waals surface area contributed by atoms with Gasteiger partial charge in [-0.15, -0.1) is 0 Å². The van der Waals surface area contributed by atoms with E-state index in [9.17, 15) is 14.9 Å². The molecule has 0 spiro atoms. The van der Waals surface area contributed by atoms with Gasteiger partial charge in [-0.25, -0.2) is 4.98 Å². The molecule has 2 rings (SSSR count). The average molecular weight is 313 g/mol. The van der Waals surface area contributed by atoms with Crippen molar-refractivity contribution < 1.29 is 9.72 Å². The van der Waals surface area contributed by atoms with Crippen LogP contribution in [0.3, 0.4) is 0 Å². The minimum absolute atomic E-state index is 0.000550. The first-order chi connectivity index (χ1) is 9.95. The lowest BCUT2D eigenvalue weighted by molar-refractivity contribution is -0.385. The van der Waals surface area contributed by atoms with Gasteiger partial charge in [0.1, 0.15) is 5.56 Å². The zero-order valence-electron chi connectivity index (χ0n) is 12.0. The number of amides is 1. The summed E-state index contributed by atoms with van der Waals surface area (Å²) in [6, 6.07) is 1.62. The van der Waals surface area contributed by atoms with Gasteiger partial charge in [0.25, 0.3) is 5.91 Å². The molecule has 1 saturated heterocycles. The molecule has 1 amide bonds. The maximum absolute atomic E-state index is 12.6. The highest BCUT2D eigenvalue weighted by Gasteiger charge is 2.32. The third-order valence-corrected chi connectivity index (χ3v) is 4.10. The summed E-state index contributed by atoms with van der Waals surface area (Å²) in [7, 11) is 2.02. The number of pyridine rings is 1. The lowest BCUT2D eigenvalue weighted by Gasteiger charge is -2.39. The molecule has 0 aromatic carbocycles. The number of likely N-dealkylation sites (N-methyl/N-ethyl adjacent to an activating group) is 1. The maximum atomic E-state index is 12.6. The number of hydrogen-bond donors (Lipinski definition) is 0. The van der Waals surface area contributed by atoms with E-state index in [-0.39, 0.29) is 22.7 Å². The van der Waals surface area contributed by atoms with Crippen LogP contribution in [0.4, 0.5) is 5.69 Å². The van der Waals surface area contributed by atoms with Crippen LogP contribution in [0, 0.1) is 10.1 Å². The molecular weight excluding hydrogens is 296 g/mol. The van der Waals surface area contributed by atoms with Crippen molar-refractivity contribution in [3.05, 3.63) is 33.1 Å². The summed E-state index contributed by atoms with van der Waals surface area (Å²) in [5.41, 5.74) is -0.421. The average Bonchev–Trinajstić information content (AvgIpc) is 2.46. The summed E-state index contributed by atoms with van der Waals surface area (Å²) < 4.78 is 0. The molecule has 114 valence electrons. The Balaban J connectivity index is 2.29. The van der Waals surface area contributed by atoms with Gasteiger partial charge in [-0.05, 0) is 19.5 Å². The van der Waals surface area contributed by atoms with Crippen molar-refractivity contribution in [2.45, 2.75) is 19.4 Å². The Morgan fingerprint density at radius 3 is 2.90 bits per heavy atom. The van der Waals surface area contributed by atoms with E-state index in [0.717, 1.165) is 13.0 Å². The van der Waals surface area contributed by atoms with Gasteiger partial charge >= 0.3 is 5.69 Å². The third kappa shape index (κ3) is 3.14. The molecule has 1 atom stereocenters. The van der Waals surface area contributed by atoms with E-state index in [1.807, 2.05) is 7.05 Å². The summed E-state index contributed by atoms with van der Waals surface area (Å²) in [6.07, 6.45) is 2.23. The number of rotatable bonds is 3. The minimum Gasteiger partial charge on any atom is -0.336 e. The first-order valence-corrected chi connectivity index (χ1v) is 7.11. The number of nitrogens with zero attached hydrogens (tertiary/aromatic N) is 4. The molecular formula is C13H17ClN4O3. The summed E-state index contributed by atoms with van der Waals surface area (Å²) >= 11 is 5.75. The Hall–Kier alpha value is -1.73. The summed E-state index contributed by atoms with van der Waals surface area (Å²) in [4.78, 5) is 30.5. The summed E-state index contributed by atoms with van der Waals surface area (Å²) in [5, 5.41) is 10.8. The standard InChI is InChI=1S/C13H17ClN4O3/c1-3-9-8-17(7-6-16(9)2)13(19)10-4-5-15-12(14)11(10)18(20)21/h4-5,9H,3,6-8H2,1-2H3. The first-order valence-electron chi connectivity index (χ1n) is 6.74. The Morgan fingerprint density at radius 1 is 1.57 bits per heavy atom. The van der Waals surface area contributed by atoms with Gasteiger partial charge in [0.2, 0.25) is 5.15 Å². The second-order valence-corrected chi connectivity index (χ2v) is 5.41. The van der Waals surface area contributed by atoms with E-state index in [0.29, 0.717) is 13.1 Å². The SMILES string of the molecule is CCC1CN(C(=O)c2ccnc(Cl)c2[N+](=O)[O-])CCN1C. The molecule has 1 fully saturated rings. The highest BCUT2D eigenvalue weighted by Crippen LogP contribution is 2.27. The largest absolute Gasteiger partial charge is 0.336 e. The molecule has 0 bridgehead atoms. The van der Waals surface area contributed by atoms with Crippen molar-refractivity contribution in [2.24, 2.45) is 0 Å². The van der Waals surface area contributed by atoms with Crippen LogP contribution >= 0.6 is 11.6 Å². The van der Waals surface area contributed by atoms with Gasteiger partial charge in [-0.2, -0.15) is 0 Å². The van der Waals surface area contributed by atoms with Crippen LogP contribution in [0.2, 0.25) is 5.15 Å². The van der Waals surface area contributed by atoms with Gasteiger partial charge in [0, 0.05) is 31.9 Å². The molecule has 1 aliphatic rings. The van der Waals surface area contributed by atoms with E-state index < -0.39 is 10.6 Å². The zero-order chi connectivity index (χ0) is 15.6. The van der Waals surface area contributed by atoms with Crippen LogP contribution in [-0.2, 0) is 0 Å². The van der Waals surface area contributed by atoms with Crippen LogP contribution in [-0.4, -0.2) is 58.3 Å². The van der Waals surface area contributed by atoms with E-state index in [1.165, 1.54) is 12.3 Å². The second kappa shape index (κ2) is 6.36. The van der Waals surface area contributed by atoms with Crippen molar-refractivity contribution in [1.82, 2.24) is 14.8 Å². The Kier molecular flexibility index (Phi) is 4.74. The molecule has 1 unspecified atom stereocenters. The molecule has 1 aromatic rings. The predicted molar refractivity (Wildman–Crippen MR) is 78.5 cm³/mol. The molecule has 0 aliphatic carbocycles. The number of carbonyl (C=O) groups is 1. The predicted octanol–water partition coefficient (Wildman–Crippen LogP) is 1.81. The molecule has 8 heteroatoms. The van der Waals surface area contributed by atoms with Crippen molar-refractivity contribution in [3.63, 3.8) is 0 Å². The Bertz CT molecular complexity index is 566. The van der Waals surface area contributed by atoms with E-state index in [4.69, 9.17) is 11.6 Å². The normalized spacial score (nSPS) is 19.6. The van der Waals surface area contributed by atoms with Crippen LogP contribution < -0.4 is 0 Å². The van der Waals surface area contributed by atoms with Gasteiger partial charge < -0.3 is 4.90 Å². The number of nitro groups is 1. The number of halogens is 1. The summed E-state index contributed by atoms with van der Waals surface area (Å²) in [6.45, 7) is 3.91. The quantitative estimate of drug-likeness (QED) is 0.483. The molecule has 7 nitrogen and oxygen atoms in total. The number of piperazine rings is 1. The topological polar surface area (TPSA) is 79.6 Å². The number of aromatic nitrogens is 1. The second-order valence-electron chi connectivity index (χ2n) is 5.05. The monoisotopic (exact) mass is 312 g/mol. The van der Waals surface area contributed by atoms with Crippen LogP contribution in [0.1, 0.15) is 23.7 Å².